The molecule has 3 heterocycles. The number of benzene rings is 1. The number of anilines is 1. The van der Waals surface area contributed by atoms with Gasteiger partial charge in [0.15, 0.2) is 5.82 Å². The molecule has 0 saturated heterocycles. The molecule has 0 unspecified atom stereocenters. The van der Waals surface area contributed by atoms with Crippen LogP contribution in [-0.2, 0) is 0 Å². The number of thiophene rings is 2. The highest BCUT2D eigenvalue weighted by Gasteiger charge is 2.11. The Morgan fingerprint density at radius 2 is 1.95 bits per heavy atom. The molecule has 0 aliphatic heterocycles. The highest BCUT2D eigenvalue weighted by atomic mass is 79.9. The summed E-state index contributed by atoms with van der Waals surface area (Å²) in [5, 5.41) is 2.97. The summed E-state index contributed by atoms with van der Waals surface area (Å²) in [5.41, 5.74) is 6.94. The van der Waals surface area contributed by atoms with Crippen molar-refractivity contribution in [2.45, 2.75) is 0 Å². The lowest BCUT2D eigenvalue weighted by molar-refractivity contribution is 1.25. The van der Waals surface area contributed by atoms with Crippen LogP contribution in [0.5, 0.6) is 0 Å². The lowest BCUT2D eigenvalue weighted by Gasteiger charge is -2.04. The molecular weight excluding hydrogens is 354 g/mol. The molecule has 0 bridgehead atoms. The summed E-state index contributed by atoms with van der Waals surface area (Å²) < 4.78 is 3.51. The lowest BCUT2D eigenvalue weighted by Crippen LogP contribution is -1.96. The molecule has 0 fully saturated rings. The van der Waals surface area contributed by atoms with Crippen LogP contribution >= 0.6 is 38.6 Å². The number of hydrogen-bond donors (Lipinski definition) is 1. The number of hydrogen-bond acceptors (Lipinski definition) is 5. The van der Waals surface area contributed by atoms with Gasteiger partial charge in [-0.05, 0) is 35.7 Å². The summed E-state index contributed by atoms with van der Waals surface area (Å²) in [7, 11) is 0. The van der Waals surface area contributed by atoms with Gasteiger partial charge in [-0.15, -0.1) is 22.7 Å². The van der Waals surface area contributed by atoms with Gasteiger partial charge in [0.05, 0.1) is 10.4 Å². The Hall–Kier alpha value is -1.50. The molecule has 0 spiro atoms. The van der Waals surface area contributed by atoms with E-state index in [1.165, 1.54) is 9.40 Å². The van der Waals surface area contributed by atoms with Gasteiger partial charge in [-0.3, -0.25) is 0 Å². The highest BCUT2D eigenvalue weighted by Crippen LogP contribution is 2.36. The topological polar surface area (TPSA) is 51.8 Å². The number of rotatable bonds is 1. The number of halogens is 1. The van der Waals surface area contributed by atoms with Gasteiger partial charge in [0.25, 0.3) is 0 Å². The molecule has 4 aromatic rings. The predicted molar refractivity (Wildman–Crippen MR) is 90.3 cm³/mol. The van der Waals surface area contributed by atoms with E-state index in [0.717, 1.165) is 20.3 Å². The Morgan fingerprint density at radius 1 is 1.05 bits per heavy atom. The van der Waals surface area contributed by atoms with E-state index in [4.69, 9.17) is 5.73 Å². The van der Waals surface area contributed by atoms with Crippen LogP contribution in [-0.4, -0.2) is 9.97 Å². The second-order valence-electron chi connectivity index (χ2n) is 4.35. The SMILES string of the molecule is Nc1nc(-c2cc3sccc3s2)nc2ccc(Br)cc12. The van der Waals surface area contributed by atoms with E-state index < -0.39 is 0 Å². The van der Waals surface area contributed by atoms with Gasteiger partial charge in [-0.1, -0.05) is 15.9 Å². The van der Waals surface area contributed by atoms with Crippen LogP contribution in [0.25, 0.3) is 31.0 Å². The van der Waals surface area contributed by atoms with Crippen molar-refractivity contribution >= 4 is 64.7 Å². The number of aromatic nitrogens is 2. The Kier molecular flexibility index (Phi) is 2.76. The zero-order valence-corrected chi connectivity index (χ0v) is 13.3. The Morgan fingerprint density at radius 3 is 2.80 bits per heavy atom. The quantitative estimate of drug-likeness (QED) is 0.523. The van der Waals surface area contributed by atoms with Crippen molar-refractivity contribution in [2.75, 3.05) is 5.73 Å². The molecule has 20 heavy (non-hydrogen) atoms. The first-order valence-corrected chi connectivity index (χ1v) is 8.40. The smallest absolute Gasteiger partial charge is 0.172 e. The van der Waals surface area contributed by atoms with Gasteiger partial charge < -0.3 is 5.73 Å². The Bertz CT molecular complexity index is 914. The Balaban J connectivity index is 1.96. The number of nitrogens with zero attached hydrogens (tertiary/aromatic N) is 2. The third-order valence-electron chi connectivity index (χ3n) is 3.05. The molecule has 0 radical (unpaired) electrons. The zero-order chi connectivity index (χ0) is 13.7. The van der Waals surface area contributed by atoms with Crippen LogP contribution in [0.1, 0.15) is 0 Å². The molecule has 6 heteroatoms. The number of nitrogen functional groups attached to an aromatic ring is 1. The molecule has 0 amide bonds. The maximum Gasteiger partial charge on any atom is 0.172 e. The van der Waals surface area contributed by atoms with Gasteiger partial charge in [-0.2, -0.15) is 0 Å². The zero-order valence-electron chi connectivity index (χ0n) is 10.1. The van der Waals surface area contributed by atoms with Gasteiger partial charge in [0, 0.05) is 19.3 Å². The highest BCUT2D eigenvalue weighted by molar-refractivity contribution is 9.10. The Labute approximate surface area is 131 Å². The van der Waals surface area contributed by atoms with E-state index in [-0.39, 0.29) is 0 Å². The molecule has 0 atom stereocenters. The molecule has 98 valence electrons. The normalized spacial score (nSPS) is 11.4. The summed E-state index contributed by atoms with van der Waals surface area (Å²) in [4.78, 5) is 10.1. The minimum Gasteiger partial charge on any atom is -0.383 e. The molecule has 0 saturated carbocycles. The largest absolute Gasteiger partial charge is 0.383 e. The van der Waals surface area contributed by atoms with Crippen molar-refractivity contribution in [3.63, 3.8) is 0 Å². The van der Waals surface area contributed by atoms with Crippen molar-refractivity contribution < 1.29 is 0 Å². The standard InChI is InChI=1S/C14H8BrN3S2/c15-7-1-2-9-8(5-7)13(16)18-14(17-9)12-6-11-10(20-12)3-4-19-11/h1-6H,(H2,16,17,18). The van der Waals surface area contributed by atoms with Gasteiger partial charge >= 0.3 is 0 Å². The van der Waals surface area contributed by atoms with E-state index in [1.54, 1.807) is 22.7 Å². The summed E-state index contributed by atoms with van der Waals surface area (Å²) in [6, 6.07) is 10.1. The lowest BCUT2D eigenvalue weighted by atomic mass is 10.2. The van der Waals surface area contributed by atoms with Crippen molar-refractivity contribution in [3.8, 4) is 10.7 Å². The summed E-state index contributed by atoms with van der Waals surface area (Å²) in [6.07, 6.45) is 0. The average Bonchev–Trinajstić information content (AvgIpc) is 3.00. The van der Waals surface area contributed by atoms with Crippen LogP contribution in [0.4, 0.5) is 5.82 Å². The third kappa shape index (κ3) is 1.91. The second-order valence-corrected chi connectivity index (χ2v) is 7.30. The third-order valence-corrected chi connectivity index (χ3v) is 5.63. The molecule has 2 N–H and O–H groups in total. The van der Waals surface area contributed by atoms with Crippen LogP contribution in [0.3, 0.4) is 0 Å². The summed E-state index contributed by atoms with van der Waals surface area (Å²) in [5.74, 6) is 1.22. The average molecular weight is 362 g/mol. The van der Waals surface area contributed by atoms with Gasteiger partial charge in [0.2, 0.25) is 0 Å². The monoisotopic (exact) mass is 361 g/mol. The summed E-state index contributed by atoms with van der Waals surface area (Å²) in [6.45, 7) is 0. The predicted octanol–water partition coefficient (Wildman–Crippen LogP) is 4.92. The molecule has 4 rings (SSSR count). The number of fused-ring (bicyclic) bond motifs is 2. The van der Waals surface area contributed by atoms with E-state index in [2.05, 4.69) is 43.4 Å². The molecule has 0 aliphatic carbocycles. The van der Waals surface area contributed by atoms with E-state index >= 15 is 0 Å². The van der Waals surface area contributed by atoms with Crippen LogP contribution in [0.2, 0.25) is 0 Å². The molecular formula is C14H8BrN3S2. The van der Waals surface area contributed by atoms with Crippen LogP contribution < -0.4 is 5.73 Å². The fraction of sp³-hybridized carbons (Fsp3) is 0. The molecule has 3 nitrogen and oxygen atoms in total. The first kappa shape index (κ1) is 12.3. The number of nitrogens with two attached hydrogens (primary N) is 1. The van der Waals surface area contributed by atoms with E-state index in [0.29, 0.717) is 11.6 Å². The minimum absolute atomic E-state index is 0.517. The van der Waals surface area contributed by atoms with Gasteiger partial charge in [0.1, 0.15) is 5.82 Å². The maximum absolute atomic E-state index is 6.07. The van der Waals surface area contributed by atoms with Crippen molar-refractivity contribution in [1.82, 2.24) is 9.97 Å². The molecule has 0 aliphatic rings. The van der Waals surface area contributed by atoms with Gasteiger partial charge in [-0.25, -0.2) is 9.97 Å². The first-order chi connectivity index (χ1) is 9.70. The fourth-order valence-corrected chi connectivity index (χ4v) is 4.51. The van der Waals surface area contributed by atoms with E-state index in [9.17, 15) is 0 Å². The molecule has 1 aromatic carbocycles. The maximum atomic E-state index is 6.07. The fourth-order valence-electron chi connectivity index (χ4n) is 2.11. The molecule has 3 aromatic heterocycles. The summed E-state index contributed by atoms with van der Waals surface area (Å²) >= 11 is 6.87. The minimum atomic E-state index is 0.517. The van der Waals surface area contributed by atoms with Crippen LogP contribution in [0, 0.1) is 0 Å². The van der Waals surface area contributed by atoms with E-state index in [1.807, 2.05) is 18.2 Å². The van der Waals surface area contributed by atoms with Crippen molar-refractivity contribution in [1.29, 1.82) is 0 Å². The van der Waals surface area contributed by atoms with Crippen molar-refractivity contribution in [3.05, 3.63) is 40.2 Å². The second kappa shape index (κ2) is 4.51. The first-order valence-electron chi connectivity index (χ1n) is 5.91. The van der Waals surface area contributed by atoms with Crippen molar-refractivity contribution in [2.24, 2.45) is 0 Å². The van der Waals surface area contributed by atoms with Crippen LogP contribution in [0.15, 0.2) is 40.2 Å².